The first-order valence-corrected chi connectivity index (χ1v) is 8.14. The lowest BCUT2D eigenvalue weighted by Gasteiger charge is -2.23. The third-order valence-electron chi connectivity index (χ3n) is 3.12. The Kier molecular flexibility index (Phi) is 8.49. The minimum atomic E-state index is -0.609. The number of likely N-dealkylation sites (tertiary alicyclic amines) is 1. The number of carbonyl (C=O) groups excluding carboxylic acids is 3. The highest BCUT2D eigenvalue weighted by Crippen LogP contribution is 2.28. The van der Waals surface area contributed by atoms with Crippen LogP contribution in [0, 0.1) is 0 Å². The summed E-state index contributed by atoms with van der Waals surface area (Å²) in [5.41, 5.74) is 4.95. The van der Waals surface area contributed by atoms with Crippen molar-refractivity contribution in [1.82, 2.24) is 10.2 Å². The second-order valence-corrected chi connectivity index (χ2v) is 6.48. The van der Waals surface area contributed by atoms with Gasteiger partial charge in [0.2, 0.25) is 0 Å². The molecule has 0 bridgehead atoms. The molecule has 23 heavy (non-hydrogen) atoms. The van der Waals surface area contributed by atoms with Gasteiger partial charge in [-0.2, -0.15) is 0 Å². The number of urea groups is 1. The van der Waals surface area contributed by atoms with Crippen molar-refractivity contribution in [2.45, 2.75) is 24.6 Å². The minimum Gasteiger partial charge on any atom is -0.445 e. The number of hydrogen-bond acceptors (Lipinski definition) is 6. The van der Waals surface area contributed by atoms with Crippen molar-refractivity contribution in [3.05, 3.63) is 12.7 Å². The second-order valence-electron chi connectivity index (χ2n) is 5.00. The van der Waals surface area contributed by atoms with Crippen LogP contribution in [-0.4, -0.2) is 66.3 Å². The summed E-state index contributed by atoms with van der Waals surface area (Å²) in [4.78, 5) is 35.4. The van der Waals surface area contributed by atoms with Crippen LogP contribution in [0.1, 0.15) is 13.3 Å². The Morgan fingerprint density at radius 3 is 2.83 bits per heavy atom. The molecular weight excluding hydrogens is 322 g/mol. The first-order chi connectivity index (χ1) is 10.9. The van der Waals surface area contributed by atoms with Crippen molar-refractivity contribution >= 4 is 29.0 Å². The topological polar surface area (TPSA) is 111 Å². The molecule has 0 radical (unpaired) electrons. The van der Waals surface area contributed by atoms with E-state index in [4.69, 9.17) is 15.2 Å². The fourth-order valence-electron chi connectivity index (χ4n) is 2.25. The Bertz CT molecular complexity index is 446. The first-order valence-electron chi connectivity index (χ1n) is 7.26. The molecule has 0 unspecified atom stereocenters. The van der Waals surface area contributed by atoms with E-state index in [1.54, 1.807) is 4.90 Å². The molecule has 9 heteroatoms. The molecular formula is C14H23N3O5S. The third-order valence-corrected chi connectivity index (χ3v) is 4.13. The van der Waals surface area contributed by atoms with Gasteiger partial charge in [-0.05, 0) is 6.42 Å². The van der Waals surface area contributed by atoms with E-state index in [1.807, 2.05) is 0 Å². The van der Waals surface area contributed by atoms with Crippen molar-refractivity contribution in [2.75, 3.05) is 32.9 Å². The third kappa shape index (κ3) is 7.38. The second kappa shape index (κ2) is 10.1. The molecule has 0 aromatic carbocycles. The molecule has 130 valence electrons. The fourth-order valence-corrected chi connectivity index (χ4v) is 3.28. The van der Waals surface area contributed by atoms with Gasteiger partial charge in [-0.25, -0.2) is 9.59 Å². The summed E-state index contributed by atoms with van der Waals surface area (Å²) < 4.78 is 10.5. The number of thioether (sulfide) groups is 1. The summed E-state index contributed by atoms with van der Waals surface area (Å²) in [6, 6.07) is -0.778. The molecule has 0 aromatic rings. The number of amides is 3. The van der Waals surface area contributed by atoms with Crippen LogP contribution in [0.15, 0.2) is 12.7 Å². The molecule has 0 saturated carbocycles. The van der Waals surface area contributed by atoms with Crippen LogP contribution in [0.5, 0.6) is 0 Å². The molecule has 0 aromatic heterocycles. The lowest BCUT2D eigenvalue weighted by molar-refractivity contribution is -0.109. The van der Waals surface area contributed by atoms with E-state index >= 15 is 0 Å². The Balaban J connectivity index is 2.49. The molecule has 1 rings (SSSR count). The zero-order valence-corrected chi connectivity index (χ0v) is 14.0. The lowest BCUT2D eigenvalue weighted by atomic mass is 10.2. The maximum absolute atomic E-state index is 12.1. The largest absolute Gasteiger partial charge is 0.445 e. The van der Waals surface area contributed by atoms with Gasteiger partial charge in [0, 0.05) is 25.3 Å². The van der Waals surface area contributed by atoms with E-state index in [1.165, 1.54) is 24.8 Å². The molecule has 3 amide bonds. The molecule has 1 fully saturated rings. The highest BCUT2D eigenvalue weighted by molar-refractivity contribution is 8.14. The minimum absolute atomic E-state index is 0.0154. The van der Waals surface area contributed by atoms with E-state index in [-0.39, 0.29) is 23.0 Å². The van der Waals surface area contributed by atoms with Gasteiger partial charge in [0.1, 0.15) is 6.61 Å². The van der Waals surface area contributed by atoms with Gasteiger partial charge in [-0.3, -0.25) is 4.79 Å². The Morgan fingerprint density at radius 2 is 2.22 bits per heavy atom. The van der Waals surface area contributed by atoms with Gasteiger partial charge < -0.3 is 25.4 Å². The van der Waals surface area contributed by atoms with Crippen LogP contribution in [-0.2, 0) is 14.3 Å². The van der Waals surface area contributed by atoms with E-state index in [9.17, 15) is 14.4 Å². The smallest absolute Gasteiger partial charge is 0.410 e. The predicted octanol–water partition coefficient (Wildman–Crippen LogP) is 0.717. The lowest BCUT2D eigenvalue weighted by Crippen LogP contribution is -2.39. The molecule has 1 saturated heterocycles. The van der Waals surface area contributed by atoms with Crippen molar-refractivity contribution in [2.24, 2.45) is 5.73 Å². The van der Waals surface area contributed by atoms with Gasteiger partial charge in [0.05, 0.1) is 19.3 Å². The van der Waals surface area contributed by atoms with Crippen LogP contribution in [0.4, 0.5) is 9.59 Å². The maximum Gasteiger partial charge on any atom is 0.410 e. The zero-order valence-electron chi connectivity index (χ0n) is 13.2. The highest BCUT2D eigenvalue weighted by atomic mass is 32.2. The number of nitrogens with zero attached hydrogens (tertiary/aromatic N) is 1. The quantitative estimate of drug-likeness (QED) is 0.495. The Hall–Kier alpha value is -1.74. The monoisotopic (exact) mass is 345 g/mol. The van der Waals surface area contributed by atoms with Crippen molar-refractivity contribution in [3.63, 3.8) is 0 Å². The van der Waals surface area contributed by atoms with E-state index in [2.05, 4.69) is 11.9 Å². The summed E-state index contributed by atoms with van der Waals surface area (Å²) >= 11 is 1.22. The molecule has 0 spiro atoms. The van der Waals surface area contributed by atoms with Crippen LogP contribution < -0.4 is 11.1 Å². The molecule has 1 heterocycles. The maximum atomic E-state index is 12.1. The predicted molar refractivity (Wildman–Crippen MR) is 87.1 cm³/mol. The number of ether oxygens (including phenoxy) is 2. The van der Waals surface area contributed by atoms with Crippen molar-refractivity contribution in [3.8, 4) is 0 Å². The van der Waals surface area contributed by atoms with Gasteiger partial charge >= 0.3 is 12.1 Å². The standard InChI is InChI=1S/C14H23N3O5S/c1-3-5-22-14(20)17-8-12(23-10(2)18)7-11(17)9-21-6-4-16-13(15)19/h3,11-12H,1,4-9H2,2H3,(H3,15,16,19)/t11-,12+/m0/s1. The van der Waals surface area contributed by atoms with Crippen LogP contribution >= 0.6 is 11.8 Å². The molecule has 2 atom stereocenters. The summed E-state index contributed by atoms with van der Waals surface area (Å²) in [5.74, 6) is 0. The SMILES string of the molecule is C=CCOC(=O)N1C[C@H](SC(C)=O)C[C@H]1COCCNC(N)=O. The molecule has 1 aliphatic rings. The van der Waals surface area contributed by atoms with Crippen LogP contribution in [0.25, 0.3) is 0 Å². The van der Waals surface area contributed by atoms with Gasteiger partial charge in [-0.15, -0.1) is 0 Å². The number of nitrogens with one attached hydrogen (secondary N) is 1. The highest BCUT2D eigenvalue weighted by Gasteiger charge is 2.37. The molecule has 3 N–H and O–H groups in total. The molecule has 1 aliphatic heterocycles. The number of nitrogens with two attached hydrogens (primary N) is 1. The normalized spacial score (nSPS) is 20.1. The molecule has 0 aliphatic carbocycles. The van der Waals surface area contributed by atoms with Gasteiger partial charge in [0.15, 0.2) is 5.12 Å². The number of rotatable bonds is 8. The summed E-state index contributed by atoms with van der Waals surface area (Å²) in [5, 5.41) is 2.46. The Labute approximate surface area is 139 Å². The van der Waals surface area contributed by atoms with Crippen molar-refractivity contribution in [1.29, 1.82) is 0 Å². The van der Waals surface area contributed by atoms with Gasteiger partial charge in [-0.1, -0.05) is 24.4 Å². The number of carbonyl (C=O) groups is 3. The first kappa shape index (κ1) is 19.3. The summed E-state index contributed by atoms with van der Waals surface area (Å²) in [6.07, 6.45) is 1.70. The van der Waals surface area contributed by atoms with Crippen LogP contribution in [0.3, 0.4) is 0 Å². The summed E-state index contributed by atoms with van der Waals surface area (Å²) in [7, 11) is 0. The van der Waals surface area contributed by atoms with Crippen LogP contribution in [0.2, 0.25) is 0 Å². The Morgan fingerprint density at radius 1 is 1.48 bits per heavy atom. The zero-order chi connectivity index (χ0) is 17.2. The van der Waals surface area contributed by atoms with E-state index < -0.39 is 12.1 Å². The van der Waals surface area contributed by atoms with E-state index in [0.717, 1.165) is 0 Å². The summed E-state index contributed by atoms with van der Waals surface area (Å²) in [6.45, 7) is 6.48. The van der Waals surface area contributed by atoms with E-state index in [0.29, 0.717) is 32.7 Å². The van der Waals surface area contributed by atoms with Crippen molar-refractivity contribution < 1.29 is 23.9 Å². The number of hydrogen-bond donors (Lipinski definition) is 2. The fraction of sp³-hybridized carbons (Fsp3) is 0.643. The van der Waals surface area contributed by atoms with Gasteiger partial charge in [0.25, 0.3) is 0 Å². The molecule has 8 nitrogen and oxygen atoms in total. The number of primary amides is 1. The average molecular weight is 345 g/mol. The average Bonchev–Trinajstić information content (AvgIpc) is 2.86.